The first-order chi connectivity index (χ1) is 13.3. The molecule has 27 heavy (non-hydrogen) atoms. The van der Waals surface area contributed by atoms with Crippen LogP contribution in [0.15, 0.2) is 48.5 Å². The molecule has 2 aromatic rings. The summed E-state index contributed by atoms with van der Waals surface area (Å²) in [5.41, 5.74) is 4.64. The molecule has 0 aromatic heterocycles. The second-order valence-corrected chi connectivity index (χ2v) is 8.01. The molecule has 2 fully saturated rings. The number of hydrogen-bond acceptors (Lipinski definition) is 3. The maximum absolute atomic E-state index is 9.38. The first-order valence-electron chi connectivity index (χ1n) is 10.1. The molecule has 3 heteroatoms. The molecule has 1 aliphatic carbocycles. The van der Waals surface area contributed by atoms with Crippen LogP contribution in [0.5, 0.6) is 0 Å². The largest absolute Gasteiger partial charge is 0.376 e. The van der Waals surface area contributed by atoms with Crippen molar-refractivity contribution in [2.24, 2.45) is 5.92 Å². The maximum atomic E-state index is 9.38. The molecule has 1 unspecified atom stereocenters. The molecule has 0 N–H and O–H groups in total. The van der Waals surface area contributed by atoms with Gasteiger partial charge < -0.3 is 4.74 Å². The Morgan fingerprint density at radius 2 is 1.78 bits per heavy atom. The lowest BCUT2D eigenvalue weighted by Crippen LogP contribution is -2.29. The van der Waals surface area contributed by atoms with Crippen LogP contribution in [0.3, 0.4) is 0 Å². The topological polar surface area (TPSA) is 36.3 Å². The van der Waals surface area contributed by atoms with E-state index in [9.17, 15) is 5.26 Å². The van der Waals surface area contributed by atoms with E-state index in [4.69, 9.17) is 4.74 Å². The summed E-state index contributed by atoms with van der Waals surface area (Å²) in [4.78, 5) is 2.55. The third-order valence-corrected chi connectivity index (χ3v) is 6.30. The summed E-state index contributed by atoms with van der Waals surface area (Å²) >= 11 is 0. The fraction of sp³-hybridized carbons (Fsp3) is 0.458. The Hall–Kier alpha value is -2.15. The second kappa shape index (κ2) is 8.25. The predicted octanol–water partition coefficient (Wildman–Crippen LogP) is 5.04. The number of rotatable bonds is 6. The Balaban J connectivity index is 1.37. The summed E-state index contributed by atoms with van der Waals surface area (Å²) in [5, 5.41) is 9.38. The van der Waals surface area contributed by atoms with E-state index < -0.39 is 0 Å². The Morgan fingerprint density at radius 1 is 1.07 bits per heavy atom. The molecule has 0 amide bonds. The van der Waals surface area contributed by atoms with Gasteiger partial charge in [-0.25, -0.2) is 0 Å². The molecule has 4 rings (SSSR count). The highest BCUT2D eigenvalue weighted by Crippen LogP contribution is 2.49. The van der Waals surface area contributed by atoms with Crippen LogP contribution in [-0.2, 0) is 11.3 Å². The minimum atomic E-state index is 0.0199. The third-order valence-electron chi connectivity index (χ3n) is 6.30. The minimum Gasteiger partial charge on any atom is -0.376 e. The van der Waals surface area contributed by atoms with Crippen LogP contribution in [-0.4, -0.2) is 25.1 Å². The van der Waals surface area contributed by atoms with Gasteiger partial charge in [-0.05, 0) is 73.4 Å². The van der Waals surface area contributed by atoms with E-state index in [-0.39, 0.29) is 6.10 Å². The molecule has 140 valence electrons. The van der Waals surface area contributed by atoms with E-state index in [0.717, 1.165) is 30.5 Å². The van der Waals surface area contributed by atoms with E-state index in [1.807, 2.05) is 24.3 Å². The highest BCUT2D eigenvalue weighted by Gasteiger charge is 2.37. The Kier molecular flexibility index (Phi) is 5.57. The molecule has 2 aromatic carbocycles. The summed E-state index contributed by atoms with van der Waals surface area (Å²) in [5.74, 6) is 1.10. The van der Waals surface area contributed by atoms with Crippen molar-refractivity contribution in [2.75, 3.05) is 20.2 Å². The number of benzene rings is 2. The van der Waals surface area contributed by atoms with Gasteiger partial charge in [0.05, 0.1) is 17.7 Å². The van der Waals surface area contributed by atoms with Crippen molar-refractivity contribution >= 4 is 0 Å². The fourth-order valence-corrected chi connectivity index (χ4v) is 4.70. The molecular weight excluding hydrogens is 332 g/mol. The van der Waals surface area contributed by atoms with Gasteiger partial charge >= 0.3 is 0 Å². The van der Waals surface area contributed by atoms with Crippen molar-refractivity contribution in [1.29, 1.82) is 5.26 Å². The summed E-state index contributed by atoms with van der Waals surface area (Å²) < 4.78 is 5.80. The molecule has 1 saturated heterocycles. The number of methoxy groups -OCH3 is 1. The normalized spacial score (nSPS) is 23.6. The molecule has 0 bridgehead atoms. The van der Waals surface area contributed by atoms with Crippen LogP contribution in [0.4, 0.5) is 0 Å². The van der Waals surface area contributed by atoms with E-state index in [2.05, 4.69) is 35.2 Å². The zero-order valence-corrected chi connectivity index (χ0v) is 16.1. The molecule has 0 radical (unpaired) electrons. The summed E-state index contributed by atoms with van der Waals surface area (Å²) in [6, 6.07) is 19.4. The molecule has 0 spiro atoms. The monoisotopic (exact) mass is 360 g/mol. The van der Waals surface area contributed by atoms with Crippen molar-refractivity contribution in [3.05, 3.63) is 70.8 Å². The molecular formula is C24H28N2O. The van der Waals surface area contributed by atoms with Gasteiger partial charge in [0, 0.05) is 13.7 Å². The first kappa shape index (κ1) is 18.2. The first-order valence-corrected chi connectivity index (χ1v) is 10.1. The number of hydrogen-bond donors (Lipinski definition) is 0. The van der Waals surface area contributed by atoms with E-state index >= 15 is 0 Å². The van der Waals surface area contributed by atoms with Gasteiger partial charge in [0.2, 0.25) is 0 Å². The maximum Gasteiger partial charge on any atom is 0.0995 e. The van der Waals surface area contributed by atoms with Gasteiger partial charge in [0.25, 0.3) is 0 Å². The average molecular weight is 361 g/mol. The molecule has 1 atom stereocenters. The predicted molar refractivity (Wildman–Crippen MR) is 107 cm³/mol. The zero-order chi connectivity index (χ0) is 18.6. The second-order valence-electron chi connectivity index (χ2n) is 8.01. The summed E-state index contributed by atoms with van der Waals surface area (Å²) in [7, 11) is 1.76. The van der Waals surface area contributed by atoms with E-state index in [0.29, 0.717) is 11.8 Å². The van der Waals surface area contributed by atoms with Crippen LogP contribution in [0.25, 0.3) is 0 Å². The quantitative estimate of drug-likeness (QED) is 0.724. The van der Waals surface area contributed by atoms with Gasteiger partial charge in [0.15, 0.2) is 0 Å². The number of nitrogens with zero attached hydrogens (tertiary/aromatic N) is 2. The van der Waals surface area contributed by atoms with Gasteiger partial charge in [-0.15, -0.1) is 0 Å². The van der Waals surface area contributed by atoms with Crippen LogP contribution in [0.1, 0.15) is 60.0 Å². The smallest absolute Gasteiger partial charge is 0.0995 e. The Morgan fingerprint density at radius 3 is 2.44 bits per heavy atom. The highest BCUT2D eigenvalue weighted by molar-refractivity contribution is 5.39. The van der Waals surface area contributed by atoms with Crippen molar-refractivity contribution in [3.63, 3.8) is 0 Å². The van der Waals surface area contributed by atoms with Gasteiger partial charge in [0.1, 0.15) is 0 Å². The van der Waals surface area contributed by atoms with E-state index in [1.165, 1.54) is 37.1 Å². The fourth-order valence-electron chi connectivity index (χ4n) is 4.70. The molecule has 1 aliphatic heterocycles. The summed E-state index contributed by atoms with van der Waals surface area (Å²) in [6.45, 7) is 3.58. The van der Waals surface area contributed by atoms with Gasteiger partial charge in [-0.2, -0.15) is 5.26 Å². The Bertz CT molecular complexity index is 796. The van der Waals surface area contributed by atoms with E-state index in [1.54, 1.807) is 7.11 Å². The number of nitriles is 1. The van der Waals surface area contributed by atoms with Crippen LogP contribution in [0.2, 0.25) is 0 Å². The van der Waals surface area contributed by atoms with Crippen LogP contribution in [0, 0.1) is 17.2 Å². The average Bonchev–Trinajstić information content (AvgIpc) is 3.18. The standard InChI is InChI=1S/C24H28N2O/c1-27-24(23-7-3-2-6-20(23)16-25)22-14-21(15-22)19-10-8-18(9-11-19)17-26-12-4-5-13-26/h2-3,6-11,21-22,24H,4-5,12-15,17H2,1H3. The SMILES string of the molecule is COC(c1ccccc1C#N)C1CC(c2ccc(CN3CCCC3)cc2)C1. The number of ether oxygens (including phenoxy) is 1. The van der Waals surface area contributed by atoms with Crippen molar-refractivity contribution in [1.82, 2.24) is 4.90 Å². The zero-order valence-electron chi connectivity index (χ0n) is 16.1. The highest BCUT2D eigenvalue weighted by atomic mass is 16.5. The molecule has 1 saturated carbocycles. The van der Waals surface area contributed by atoms with Gasteiger partial charge in [-0.3, -0.25) is 4.90 Å². The molecule has 3 nitrogen and oxygen atoms in total. The molecule has 2 aliphatic rings. The van der Waals surface area contributed by atoms with Crippen LogP contribution < -0.4 is 0 Å². The van der Waals surface area contributed by atoms with Gasteiger partial charge in [-0.1, -0.05) is 42.5 Å². The lowest BCUT2D eigenvalue weighted by molar-refractivity contribution is 0.00831. The lowest BCUT2D eigenvalue weighted by Gasteiger charge is -2.40. The van der Waals surface area contributed by atoms with Crippen molar-refractivity contribution in [3.8, 4) is 6.07 Å². The summed E-state index contributed by atoms with van der Waals surface area (Å²) in [6.07, 6.45) is 4.97. The third kappa shape index (κ3) is 3.93. The molecule has 1 heterocycles. The lowest BCUT2D eigenvalue weighted by atomic mass is 9.67. The van der Waals surface area contributed by atoms with Crippen molar-refractivity contribution < 1.29 is 4.74 Å². The van der Waals surface area contributed by atoms with Crippen LogP contribution >= 0.6 is 0 Å². The Labute approximate surface area is 162 Å². The minimum absolute atomic E-state index is 0.0199. The number of likely N-dealkylation sites (tertiary alicyclic amines) is 1. The van der Waals surface area contributed by atoms with Crippen molar-refractivity contribution in [2.45, 2.75) is 44.2 Å².